The summed E-state index contributed by atoms with van der Waals surface area (Å²) in [5.74, 6) is 0.492. The van der Waals surface area contributed by atoms with E-state index in [1.54, 1.807) is 7.05 Å². The van der Waals surface area contributed by atoms with Crippen LogP contribution in [0.15, 0.2) is 29.3 Å². The summed E-state index contributed by atoms with van der Waals surface area (Å²) < 4.78 is 32.1. The minimum Gasteiger partial charge on any atom is -0.444 e. The number of alkyl carbamates (subject to hydrolysis) is 1. The van der Waals surface area contributed by atoms with E-state index in [1.165, 1.54) is 4.31 Å². The molecule has 0 radical (unpaired) electrons. The van der Waals surface area contributed by atoms with E-state index in [2.05, 4.69) is 20.9 Å². The van der Waals surface area contributed by atoms with E-state index >= 15 is 0 Å². The standard InChI is InChI=1S/C20H33N5O4S.HI/c1-20(2,3)29-19(26)24-12-7-11-22-18(21-4)23-13-15-30(27,28)25-14-10-16-8-5-6-9-17(16)25;/h5-6,8-9H,7,10-15H2,1-4H3,(H,24,26)(H2,21,22,23);1H. The van der Waals surface area contributed by atoms with Gasteiger partial charge in [-0.05, 0) is 45.2 Å². The summed E-state index contributed by atoms with van der Waals surface area (Å²) in [7, 11) is -1.78. The van der Waals surface area contributed by atoms with Crippen LogP contribution in [0.25, 0.3) is 0 Å². The van der Waals surface area contributed by atoms with E-state index in [0.717, 1.165) is 17.7 Å². The second kappa shape index (κ2) is 12.3. The van der Waals surface area contributed by atoms with Gasteiger partial charge in [0.1, 0.15) is 5.60 Å². The largest absolute Gasteiger partial charge is 0.444 e. The molecule has 0 bridgehead atoms. The molecule has 3 N–H and O–H groups in total. The van der Waals surface area contributed by atoms with Gasteiger partial charge in [0, 0.05) is 33.2 Å². The Bertz CT molecular complexity index is 855. The number of sulfonamides is 1. The van der Waals surface area contributed by atoms with E-state index in [0.29, 0.717) is 32.0 Å². The van der Waals surface area contributed by atoms with Crippen LogP contribution in [0.1, 0.15) is 32.8 Å². The van der Waals surface area contributed by atoms with Crippen molar-refractivity contribution in [2.45, 2.75) is 39.2 Å². The molecule has 1 heterocycles. The van der Waals surface area contributed by atoms with Crippen molar-refractivity contribution in [2.75, 3.05) is 43.3 Å². The molecular formula is C20H34IN5O4S. The third-order valence-corrected chi connectivity index (χ3v) is 6.14. The molecule has 0 spiro atoms. The molecular weight excluding hydrogens is 533 g/mol. The Kier molecular flexibility index (Phi) is 10.8. The van der Waals surface area contributed by atoms with Gasteiger partial charge in [-0.2, -0.15) is 0 Å². The van der Waals surface area contributed by atoms with Gasteiger partial charge in [-0.25, -0.2) is 13.2 Å². The van der Waals surface area contributed by atoms with Crippen molar-refractivity contribution in [3.05, 3.63) is 29.8 Å². The molecule has 9 nitrogen and oxygen atoms in total. The summed E-state index contributed by atoms with van der Waals surface area (Å²) in [6.45, 7) is 7.20. The molecule has 0 atom stereocenters. The van der Waals surface area contributed by atoms with Gasteiger partial charge in [-0.3, -0.25) is 9.30 Å². The van der Waals surface area contributed by atoms with Crippen molar-refractivity contribution in [3.63, 3.8) is 0 Å². The number of para-hydroxylation sites is 1. The number of carbonyl (C=O) groups is 1. The highest BCUT2D eigenvalue weighted by Gasteiger charge is 2.28. The number of aliphatic imine (C=N–C) groups is 1. The monoisotopic (exact) mass is 567 g/mol. The maximum Gasteiger partial charge on any atom is 0.407 e. The zero-order valence-corrected chi connectivity index (χ0v) is 21.7. The normalized spacial score (nSPS) is 13.8. The van der Waals surface area contributed by atoms with Crippen LogP contribution in [0, 0.1) is 0 Å². The Hall–Kier alpha value is -1.76. The summed E-state index contributed by atoms with van der Waals surface area (Å²) in [6.07, 6.45) is 0.963. The average Bonchev–Trinajstić information content (AvgIpc) is 3.10. The Morgan fingerprint density at radius 1 is 1.13 bits per heavy atom. The maximum atomic E-state index is 12.7. The number of rotatable bonds is 8. The molecule has 1 aliphatic rings. The third kappa shape index (κ3) is 9.09. The molecule has 0 saturated carbocycles. The minimum atomic E-state index is -3.40. The molecule has 0 unspecified atom stereocenters. The van der Waals surface area contributed by atoms with Crippen molar-refractivity contribution in [1.82, 2.24) is 16.0 Å². The smallest absolute Gasteiger partial charge is 0.407 e. The fourth-order valence-electron chi connectivity index (χ4n) is 3.03. The number of guanidine groups is 1. The number of carbonyl (C=O) groups excluding carboxylic acids is 1. The number of nitrogens with one attached hydrogen (secondary N) is 3. The number of amides is 1. The molecule has 176 valence electrons. The van der Waals surface area contributed by atoms with Crippen molar-refractivity contribution in [1.29, 1.82) is 0 Å². The Balaban J connectivity index is 0.00000480. The van der Waals surface area contributed by atoms with Crippen LogP contribution in [-0.4, -0.2) is 65.1 Å². The highest BCUT2D eigenvalue weighted by Crippen LogP contribution is 2.29. The van der Waals surface area contributed by atoms with Crippen LogP contribution in [0.4, 0.5) is 10.5 Å². The zero-order valence-electron chi connectivity index (χ0n) is 18.6. The molecule has 0 saturated heterocycles. The van der Waals surface area contributed by atoms with Gasteiger partial charge in [0.2, 0.25) is 10.0 Å². The lowest BCUT2D eigenvalue weighted by atomic mass is 10.2. The van der Waals surface area contributed by atoms with Crippen LogP contribution in [0.2, 0.25) is 0 Å². The van der Waals surface area contributed by atoms with Crippen LogP contribution in [-0.2, 0) is 21.2 Å². The first-order chi connectivity index (χ1) is 14.1. The molecule has 1 aromatic rings. The van der Waals surface area contributed by atoms with E-state index in [-0.39, 0.29) is 36.3 Å². The molecule has 0 fully saturated rings. The zero-order chi connectivity index (χ0) is 22.2. The summed E-state index contributed by atoms with van der Waals surface area (Å²) in [4.78, 5) is 15.7. The molecule has 31 heavy (non-hydrogen) atoms. The number of hydrogen-bond acceptors (Lipinski definition) is 5. The molecule has 0 aliphatic carbocycles. The van der Waals surface area contributed by atoms with E-state index < -0.39 is 21.7 Å². The summed E-state index contributed by atoms with van der Waals surface area (Å²) >= 11 is 0. The van der Waals surface area contributed by atoms with Crippen molar-refractivity contribution in [2.24, 2.45) is 4.99 Å². The van der Waals surface area contributed by atoms with E-state index in [9.17, 15) is 13.2 Å². The fraction of sp³-hybridized carbons (Fsp3) is 0.600. The highest BCUT2D eigenvalue weighted by molar-refractivity contribution is 14.0. The first-order valence-electron chi connectivity index (χ1n) is 10.1. The van der Waals surface area contributed by atoms with E-state index in [1.807, 2.05) is 45.0 Å². The Morgan fingerprint density at radius 2 is 1.77 bits per heavy atom. The van der Waals surface area contributed by atoms with Crippen LogP contribution >= 0.6 is 24.0 Å². The predicted molar refractivity (Wildman–Crippen MR) is 135 cm³/mol. The lowest BCUT2D eigenvalue weighted by Crippen LogP contribution is -2.42. The Morgan fingerprint density at radius 3 is 2.45 bits per heavy atom. The van der Waals surface area contributed by atoms with Gasteiger partial charge in [-0.1, -0.05) is 18.2 Å². The second-order valence-electron chi connectivity index (χ2n) is 7.97. The first kappa shape index (κ1) is 27.3. The maximum absolute atomic E-state index is 12.7. The SMILES string of the molecule is CN=C(NCCCNC(=O)OC(C)(C)C)NCCS(=O)(=O)N1CCc2ccccc21.I. The van der Waals surface area contributed by atoms with Crippen molar-refractivity contribution in [3.8, 4) is 0 Å². The molecule has 0 aromatic heterocycles. The third-order valence-electron chi connectivity index (χ3n) is 4.37. The number of ether oxygens (including phenoxy) is 1. The summed E-state index contributed by atoms with van der Waals surface area (Å²) in [6, 6.07) is 7.59. The van der Waals surface area contributed by atoms with Crippen LogP contribution < -0.4 is 20.3 Å². The summed E-state index contributed by atoms with van der Waals surface area (Å²) in [5.41, 5.74) is 1.31. The number of halogens is 1. The van der Waals surface area contributed by atoms with Gasteiger partial charge >= 0.3 is 6.09 Å². The lowest BCUT2D eigenvalue weighted by molar-refractivity contribution is 0.0527. The summed E-state index contributed by atoms with van der Waals surface area (Å²) in [5, 5.41) is 8.81. The Labute approximate surface area is 202 Å². The van der Waals surface area contributed by atoms with Gasteiger partial charge in [0.15, 0.2) is 5.96 Å². The van der Waals surface area contributed by atoms with E-state index in [4.69, 9.17) is 4.74 Å². The quantitative estimate of drug-likeness (QED) is 0.192. The minimum absolute atomic E-state index is 0. The number of benzene rings is 1. The molecule has 1 aromatic carbocycles. The van der Waals surface area contributed by atoms with Crippen molar-refractivity contribution < 1.29 is 17.9 Å². The molecule has 2 rings (SSSR count). The lowest BCUT2D eigenvalue weighted by Gasteiger charge is -2.20. The molecule has 11 heteroatoms. The number of fused-ring (bicyclic) bond motifs is 1. The van der Waals surface area contributed by atoms with Gasteiger partial charge < -0.3 is 20.7 Å². The van der Waals surface area contributed by atoms with Gasteiger partial charge in [0.05, 0.1) is 11.4 Å². The molecule has 1 amide bonds. The second-order valence-corrected chi connectivity index (χ2v) is 9.99. The number of anilines is 1. The number of nitrogens with zero attached hydrogens (tertiary/aromatic N) is 2. The molecule has 1 aliphatic heterocycles. The van der Waals surface area contributed by atoms with Gasteiger partial charge in [-0.15, -0.1) is 24.0 Å². The fourth-order valence-corrected chi connectivity index (χ4v) is 4.45. The highest BCUT2D eigenvalue weighted by atomic mass is 127. The predicted octanol–water partition coefficient (Wildman–Crippen LogP) is 2.08. The van der Waals surface area contributed by atoms with Crippen molar-refractivity contribution >= 4 is 51.7 Å². The number of hydrogen-bond donors (Lipinski definition) is 3. The first-order valence-corrected chi connectivity index (χ1v) is 11.7. The van der Waals surface area contributed by atoms with Gasteiger partial charge in [0.25, 0.3) is 0 Å². The average molecular weight is 567 g/mol. The van der Waals surface area contributed by atoms with Crippen LogP contribution in [0.3, 0.4) is 0 Å². The topological polar surface area (TPSA) is 112 Å². The van der Waals surface area contributed by atoms with Crippen LogP contribution in [0.5, 0.6) is 0 Å².